The molecule has 0 saturated carbocycles. The summed E-state index contributed by atoms with van der Waals surface area (Å²) in [5, 5.41) is 0. The Hall–Kier alpha value is -1.92. The second kappa shape index (κ2) is 3.04. The summed E-state index contributed by atoms with van der Waals surface area (Å²) in [7, 11) is 0. The monoisotopic (exact) mass is 217 g/mol. The van der Waals surface area contributed by atoms with Gasteiger partial charge in [-0.15, -0.1) is 13.2 Å². The Morgan fingerprint density at radius 2 is 2.07 bits per heavy atom. The summed E-state index contributed by atoms with van der Waals surface area (Å²) >= 11 is 0. The number of anilines is 1. The number of ether oxygens (including phenoxy) is 1. The second-order valence-electron chi connectivity index (χ2n) is 2.82. The maximum absolute atomic E-state index is 11.9. The van der Waals surface area contributed by atoms with E-state index in [1.807, 2.05) is 0 Å². The van der Waals surface area contributed by atoms with Crippen LogP contribution in [0.3, 0.4) is 0 Å². The highest BCUT2D eigenvalue weighted by atomic mass is 19.4. The van der Waals surface area contributed by atoms with Crippen LogP contribution in [0.25, 0.3) is 5.52 Å². The molecule has 0 fully saturated rings. The van der Waals surface area contributed by atoms with Gasteiger partial charge in [-0.05, 0) is 12.1 Å². The number of halogens is 3. The predicted molar refractivity (Wildman–Crippen MR) is 46.3 cm³/mol. The van der Waals surface area contributed by atoms with Crippen molar-refractivity contribution in [1.29, 1.82) is 0 Å². The minimum atomic E-state index is -4.71. The highest BCUT2D eigenvalue weighted by molar-refractivity contribution is 5.52. The number of nitrogen functional groups attached to an aromatic ring is 1. The fraction of sp³-hybridized carbons (Fsp3) is 0.125. The van der Waals surface area contributed by atoms with Gasteiger partial charge in [0.1, 0.15) is 5.75 Å². The topological polar surface area (TPSA) is 52.5 Å². The van der Waals surface area contributed by atoms with E-state index >= 15 is 0 Å². The predicted octanol–water partition coefficient (Wildman–Crippen LogP) is 1.82. The molecule has 0 amide bonds. The summed E-state index contributed by atoms with van der Waals surface area (Å²) in [5.41, 5.74) is 6.02. The van der Waals surface area contributed by atoms with Crippen LogP contribution in [-0.4, -0.2) is 15.7 Å². The fourth-order valence-corrected chi connectivity index (χ4v) is 1.18. The van der Waals surface area contributed by atoms with Crippen molar-refractivity contribution >= 4 is 11.5 Å². The molecule has 4 nitrogen and oxygen atoms in total. The Bertz CT molecular complexity index is 491. The number of imidazole rings is 1. The molecule has 2 N–H and O–H groups in total. The molecule has 2 rings (SSSR count). The van der Waals surface area contributed by atoms with Crippen molar-refractivity contribution in [2.45, 2.75) is 6.36 Å². The van der Waals surface area contributed by atoms with Crippen LogP contribution in [0.5, 0.6) is 5.75 Å². The number of hydrogen-bond acceptors (Lipinski definition) is 3. The number of fused-ring (bicyclic) bond motifs is 1. The second-order valence-corrected chi connectivity index (χ2v) is 2.82. The largest absolute Gasteiger partial charge is 0.573 e. The minimum Gasteiger partial charge on any atom is -0.404 e. The van der Waals surface area contributed by atoms with E-state index in [2.05, 4.69) is 9.72 Å². The lowest BCUT2D eigenvalue weighted by atomic mass is 10.4. The van der Waals surface area contributed by atoms with Crippen LogP contribution < -0.4 is 10.5 Å². The van der Waals surface area contributed by atoms with Gasteiger partial charge in [-0.2, -0.15) is 0 Å². The first kappa shape index (κ1) is 9.63. The van der Waals surface area contributed by atoms with Crippen molar-refractivity contribution < 1.29 is 17.9 Å². The van der Waals surface area contributed by atoms with Gasteiger partial charge in [-0.3, -0.25) is 4.40 Å². The van der Waals surface area contributed by atoms with Crippen molar-refractivity contribution in [3.8, 4) is 5.75 Å². The first-order valence-corrected chi connectivity index (χ1v) is 3.94. The van der Waals surface area contributed by atoms with E-state index in [4.69, 9.17) is 5.73 Å². The van der Waals surface area contributed by atoms with Gasteiger partial charge >= 0.3 is 6.36 Å². The zero-order valence-electron chi connectivity index (χ0n) is 7.32. The Morgan fingerprint density at radius 1 is 1.33 bits per heavy atom. The molecule has 0 radical (unpaired) electrons. The van der Waals surface area contributed by atoms with Crippen LogP contribution in [0, 0.1) is 0 Å². The summed E-state index contributed by atoms with van der Waals surface area (Å²) in [6, 6.07) is 2.63. The number of aromatic nitrogens is 2. The maximum Gasteiger partial charge on any atom is 0.573 e. The van der Waals surface area contributed by atoms with Crippen molar-refractivity contribution in [2.75, 3.05) is 5.73 Å². The number of hydrogen-bond donors (Lipinski definition) is 1. The van der Waals surface area contributed by atoms with Gasteiger partial charge in [-0.1, -0.05) is 0 Å². The van der Waals surface area contributed by atoms with E-state index in [1.165, 1.54) is 22.7 Å². The van der Waals surface area contributed by atoms with E-state index in [-0.39, 0.29) is 11.7 Å². The number of alkyl halides is 3. The molecule has 0 bridgehead atoms. The Balaban J connectivity index is 2.42. The van der Waals surface area contributed by atoms with Gasteiger partial charge < -0.3 is 10.5 Å². The van der Waals surface area contributed by atoms with E-state index in [0.29, 0.717) is 5.52 Å². The number of rotatable bonds is 1. The molecule has 0 spiro atoms. The lowest BCUT2D eigenvalue weighted by Crippen LogP contribution is -2.17. The van der Waals surface area contributed by atoms with Crippen molar-refractivity contribution in [3.05, 3.63) is 24.5 Å². The van der Waals surface area contributed by atoms with Crippen LogP contribution in [0.4, 0.5) is 19.1 Å². The molecule has 2 aromatic rings. The normalized spacial score (nSPS) is 11.9. The van der Waals surface area contributed by atoms with Crippen molar-refractivity contribution in [3.63, 3.8) is 0 Å². The molecule has 2 heterocycles. The quantitative estimate of drug-likeness (QED) is 0.792. The summed E-state index contributed by atoms with van der Waals surface area (Å²) in [5.74, 6) is -0.225. The highest BCUT2D eigenvalue weighted by Gasteiger charge is 2.31. The third-order valence-electron chi connectivity index (χ3n) is 1.76. The van der Waals surface area contributed by atoms with Gasteiger partial charge in [0.05, 0.1) is 17.9 Å². The van der Waals surface area contributed by atoms with E-state index in [1.54, 1.807) is 0 Å². The molecule has 0 aliphatic heterocycles. The summed E-state index contributed by atoms with van der Waals surface area (Å²) in [6.07, 6.45) is -2.12. The zero-order valence-corrected chi connectivity index (χ0v) is 7.32. The average molecular weight is 217 g/mol. The standard InChI is InChI=1S/C8H6F3N3O/c9-8(10,11)15-6-2-1-5-3-13-7(12)14(5)4-6/h1-4H,(H2,12,13). The molecular weight excluding hydrogens is 211 g/mol. The van der Waals surface area contributed by atoms with Gasteiger partial charge in [0.25, 0.3) is 0 Å². The first-order valence-electron chi connectivity index (χ1n) is 3.94. The molecule has 15 heavy (non-hydrogen) atoms. The molecule has 0 saturated heterocycles. The number of pyridine rings is 1. The van der Waals surface area contributed by atoms with Crippen LogP contribution >= 0.6 is 0 Å². The maximum atomic E-state index is 11.9. The fourth-order valence-electron chi connectivity index (χ4n) is 1.18. The smallest absolute Gasteiger partial charge is 0.404 e. The Kier molecular flexibility index (Phi) is 1.95. The molecular formula is C8H6F3N3O. The average Bonchev–Trinajstić information content (AvgIpc) is 2.45. The SMILES string of the molecule is Nc1ncc2ccc(OC(F)(F)F)cn12. The molecule has 0 aromatic carbocycles. The van der Waals surface area contributed by atoms with Crippen LogP contribution in [0.15, 0.2) is 24.5 Å². The van der Waals surface area contributed by atoms with Gasteiger partial charge in [0.15, 0.2) is 0 Å². The van der Waals surface area contributed by atoms with Crippen molar-refractivity contribution in [2.24, 2.45) is 0 Å². The molecule has 7 heteroatoms. The first-order chi connectivity index (χ1) is 6.96. The lowest BCUT2D eigenvalue weighted by molar-refractivity contribution is -0.274. The number of nitrogens with two attached hydrogens (primary N) is 1. The zero-order chi connectivity index (χ0) is 11.1. The Labute approximate surface area is 82.1 Å². The van der Waals surface area contributed by atoms with E-state index in [9.17, 15) is 13.2 Å². The van der Waals surface area contributed by atoms with Crippen LogP contribution in [-0.2, 0) is 0 Å². The third-order valence-corrected chi connectivity index (χ3v) is 1.76. The summed E-state index contributed by atoms with van der Waals surface area (Å²) in [6.45, 7) is 0. The van der Waals surface area contributed by atoms with Crippen LogP contribution in [0.1, 0.15) is 0 Å². The molecule has 0 atom stereocenters. The van der Waals surface area contributed by atoms with Gasteiger partial charge in [-0.25, -0.2) is 4.98 Å². The minimum absolute atomic E-state index is 0.109. The van der Waals surface area contributed by atoms with Crippen molar-refractivity contribution in [1.82, 2.24) is 9.38 Å². The summed E-state index contributed by atoms with van der Waals surface area (Å²) in [4.78, 5) is 3.74. The summed E-state index contributed by atoms with van der Waals surface area (Å²) < 4.78 is 40.7. The molecule has 2 aromatic heterocycles. The molecule has 0 unspecified atom stereocenters. The lowest BCUT2D eigenvalue weighted by Gasteiger charge is -2.08. The van der Waals surface area contributed by atoms with Crippen LogP contribution in [0.2, 0.25) is 0 Å². The highest BCUT2D eigenvalue weighted by Crippen LogP contribution is 2.23. The third kappa shape index (κ3) is 1.95. The molecule has 80 valence electrons. The molecule has 0 aliphatic rings. The number of nitrogens with zero attached hydrogens (tertiary/aromatic N) is 2. The Morgan fingerprint density at radius 3 is 2.73 bits per heavy atom. The van der Waals surface area contributed by atoms with E-state index < -0.39 is 6.36 Å². The molecule has 0 aliphatic carbocycles. The van der Waals surface area contributed by atoms with Gasteiger partial charge in [0.2, 0.25) is 5.95 Å². The van der Waals surface area contributed by atoms with E-state index in [0.717, 1.165) is 6.20 Å². The van der Waals surface area contributed by atoms with Gasteiger partial charge in [0, 0.05) is 0 Å².